The number of ether oxygens (including phenoxy) is 1. The summed E-state index contributed by atoms with van der Waals surface area (Å²) in [7, 11) is 1.76. The summed E-state index contributed by atoms with van der Waals surface area (Å²) in [5.41, 5.74) is 0.593. The second-order valence-electron chi connectivity index (χ2n) is 3.13. The third-order valence-electron chi connectivity index (χ3n) is 2.01. The van der Waals surface area contributed by atoms with Gasteiger partial charge in [-0.3, -0.25) is 4.79 Å². The van der Waals surface area contributed by atoms with E-state index in [0.29, 0.717) is 31.1 Å². The van der Waals surface area contributed by atoms with Crippen molar-refractivity contribution in [3.63, 3.8) is 0 Å². The van der Waals surface area contributed by atoms with Crippen LogP contribution in [0.4, 0.5) is 5.82 Å². The van der Waals surface area contributed by atoms with Gasteiger partial charge in [-0.1, -0.05) is 0 Å². The van der Waals surface area contributed by atoms with Crippen LogP contribution in [-0.4, -0.2) is 37.7 Å². The van der Waals surface area contributed by atoms with E-state index in [9.17, 15) is 4.79 Å². The lowest BCUT2D eigenvalue weighted by molar-refractivity contribution is 0.0922. The first-order valence-electron chi connectivity index (χ1n) is 5.27. The summed E-state index contributed by atoms with van der Waals surface area (Å²) >= 11 is 0. The zero-order chi connectivity index (χ0) is 11.8. The van der Waals surface area contributed by atoms with E-state index < -0.39 is 0 Å². The predicted octanol–water partition coefficient (Wildman–Crippen LogP) is 0.890. The molecular formula is C11H17N3O2. The molecule has 0 bridgehead atoms. The number of nitrogens with one attached hydrogen (secondary N) is 2. The zero-order valence-electron chi connectivity index (χ0n) is 9.62. The van der Waals surface area contributed by atoms with Gasteiger partial charge in [0.05, 0.1) is 6.61 Å². The first-order chi connectivity index (χ1) is 7.77. The molecule has 0 unspecified atom stereocenters. The number of carbonyl (C=O) groups is 1. The second-order valence-corrected chi connectivity index (χ2v) is 3.13. The van der Waals surface area contributed by atoms with Crippen molar-refractivity contribution in [2.45, 2.75) is 6.92 Å². The van der Waals surface area contributed by atoms with E-state index in [1.165, 1.54) is 0 Å². The van der Waals surface area contributed by atoms with Crippen molar-refractivity contribution in [1.82, 2.24) is 10.3 Å². The maximum Gasteiger partial charge on any atom is 0.251 e. The van der Waals surface area contributed by atoms with Gasteiger partial charge in [-0.25, -0.2) is 4.98 Å². The Morgan fingerprint density at radius 1 is 1.56 bits per heavy atom. The number of pyridine rings is 1. The summed E-state index contributed by atoms with van der Waals surface area (Å²) in [6.45, 7) is 3.63. The van der Waals surface area contributed by atoms with Gasteiger partial charge in [0.1, 0.15) is 5.82 Å². The molecule has 1 amide bonds. The second kappa shape index (κ2) is 6.79. The minimum Gasteiger partial charge on any atom is -0.380 e. The normalized spacial score (nSPS) is 9.88. The highest BCUT2D eigenvalue weighted by atomic mass is 16.5. The average molecular weight is 223 g/mol. The first-order valence-corrected chi connectivity index (χ1v) is 5.27. The maximum absolute atomic E-state index is 11.7. The van der Waals surface area contributed by atoms with E-state index in [-0.39, 0.29) is 5.91 Å². The molecule has 0 spiro atoms. The van der Waals surface area contributed by atoms with Crippen LogP contribution in [0.2, 0.25) is 0 Å². The van der Waals surface area contributed by atoms with E-state index in [2.05, 4.69) is 15.6 Å². The van der Waals surface area contributed by atoms with Crippen molar-refractivity contribution < 1.29 is 9.53 Å². The van der Waals surface area contributed by atoms with E-state index in [1.807, 2.05) is 6.92 Å². The molecule has 16 heavy (non-hydrogen) atoms. The van der Waals surface area contributed by atoms with Crippen LogP contribution in [0.3, 0.4) is 0 Å². The molecule has 0 saturated heterocycles. The Hall–Kier alpha value is -1.62. The highest BCUT2D eigenvalue weighted by molar-refractivity contribution is 5.94. The van der Waals surface area contributed by atoms with Crippen LogP contribution >= 0.6 is 0 Å². The lowest BCUT2D eigenvalue weighted by Crippen LogP contribution is -2.27. The standard InChI is InChI=1S/C11H17N3O2/c1-3-16-7-6-14-11(15)9-4-5-13-10(8-9)12-2/h4-5,8H,3,6-7H2,1-2H3,(H,12,13)(H,14,15). The molecule has 1 rings (SSSR count). The van der Waals surface area contributed by atoms with Crippen LogP contribution in [0.5, 0.6) is 0 Å². The number of amides is 1. The van der Waals surface area contributed by atoms with Gasteiger partial charge < -0.3 is 15.4 Å². The van der Waals surface area contributed by atoms with Gasteiger partial charge in [0.2, 0.25) is 0 Å². The Kier molecular flexibility index (Phi) is 5.28. The molecule has 0 aromatic carbocycles. The molecule has 0 aliphatic heterocycles. The van der Waals surface area contributed by atoms with Gasteiger partial charge in [0, 0.05) is 32.0 Å². The molecular weight excluding hydrogens is 206 g/mol. The van der Waals surface area contributed by atoms with Gasteiger partial charge >= 0.3 is 0 Å². The number of carbonyl (C=O) groups excluding carboxylic acids is 1. The molecule has 2 N–H and O–H groups in total. The fourth-order valence-corrected chi connectivity index (χ4v) is 1.19. The van der Waals surface area contributed by atoms with Crippen molar-refractivity contribution in [1.29, 1.82) is 0 Å². The number of anilines is 1. The monoisotopic (exact) mass is 223 g/mol. The number of hydrogen-bond donors (Lipinski definition) is 2. The topological polar surface area (TPSA) is 63.2 Å². The molecule has 0 fully saturated rings. The van der Waals surface area contributed by atoms with Crippen molar-refractivity contribution >= 4 is 11.7 Å². The molecule has 1 heterocycles. The number of hydrogen-bond acceptors (Lipinski definition) is 4. The minimum absolute atomic E-state index is 0.112. The smallest absolute Gasteiger partial charge is 0.251 e. The van der Waals surface area contributed by atoms with Gasteiger partial charge in [-0.15, -0.1) is 0 Å². The van der Waals surface area contributed by atoms with Crippen LogP contribution in [0, 0.1) is 0 Å². The van der Waals surface area contributed by atoms with Crippen molar-refractivity contribution in [2.75, 3.05) is 32.1 Å². The molecule has 5 heteroatoms. The Labute approximate surface area is 95.2 Å². The Bertz CT molecular complexity index is 342. The molecule has 88 valence electrons. The Morgan fingerprint density at radius 3 is 3.06 bits per heavy atom. The SMILES string of the molecule is CCOCCNC(=O)c1ccnc(NC)c1. The minimum atomic E-state index is -0.112. The quantitative estimate of drug-likeness (QED) is 0.703. The highest BCUT2D eigenvalue weighted by Gasteiger charge is 2.05. The van der Waals surface area contributed by atoms with Crippen LogP contribution in [0.15, 0.2) is 18.3 Å². The Balaban J connectivity index is 2.46. The summed E-state index contributed by atoms with van der Waals surface area (Å²) in [6.07, 6.45) is 1.60. The average Bonchev–Trinajstić information content (AvgIpc) is 2.34. The van der Waals surface area contributed by atoms with E-state index in [4.69, 9.17) is 4.74 Å². The summed E-state index contributed by atoms with van der Waals surface area (Å²) in [4.78, 5) is 15.7. The van der Waals surface area contributed by atoms with Crippen molar-refractivity contribution in [2.24, 2.45) is 0 Å². The lowest BCUT2D eigenvalue weighted by Gasteiger charge is -2.06. The highest BCUT2D eigenvalue weighted by Crippen LogP contribution is 2.05. The van der Waals surface area contributed by atoms with Gasteiger partial charge in [-0.05, 0) is 19.1 Å². The lowest BCUT2D eigenvalue weighted by atomic mass is 10.2. The summed E-state index contributed by atoms with van der Waals surface area (Å²) in [6, 6.07) is 3.38. The van der Waals surface area contributed by atoms with Crippen LogP contribution in [0.1, 0.15) is 17.3 Å². The molecule has 1 aromatic rings. The molecule has 0 atom stereocenters. The molecule has 1 aromatic heterocycles. The van der Waals surface area contributed by atoms with Gasteiger partial charge in [-0.2, -0.15) is 0 Å². The van der Waals surface area contributed by atoms with Crippen LogP contribution in [0.25, 0.3) is 0 Å². The van der Waals surface area contributed by atoms with E-state index in [0.717, 1.165) is 0 Å². The summed E-state index contributed by atoms with van der Waals surface area (Å²) in [5, 5.41) is 5.65. The van der Waals surface area contributed by atoms with E-state index >= 15 is 0 Å². The Morgan fingerprint density at radius 2 is 2.38 bits per heavy atom. The third-order valence-corrected chi connectivity index (χ3v) is 2.01. The fourth-order valence-electron chi connectivity index (χ4n) is 1.19. The molecule has 0 radical (unpaired) electrons. The third kappa shape index (κ3) is 3.86. The van der Waals surface area contributed by atoms with Crippen molar-refractivity contribution in [3.8, 4) is 0 Å². The number of nitrogens with zero attached hydrogens (tertiary/aromatic N) is 1. The first kappa shape index (κ1) is 12.4. The van der Waals surface area contributed by atoms with Crippen LogP contribution < -0.4 is 10.6 Å². The number of rotatable bonds is 6. The molecule has 0 aliphatic rings. The fraction of sp³-hybridized carbons (Fsp3) is 0.455. The van der Waals surface area contributed by atoms with Crippen LogP contribution in [-0.2, 0) is 4.74 Å². The largest absolute Gasteiger partial charge is 0.380 e. The zero-order valence-corrected chi connectivity index (χ0v) is 9.62. The van der Waals surface area contributed by atoms with E-state index in [1.54, 1.807) is 25.4 Å². The van der Waals surface area contributed by atoms with Crippen molar-refractivity contribution in [3.05, 3.63) is 23.9 Å². The summed E-state index contributed by atoms with van der Waals surface area (Å²) in [5.74, 6) is 0.566. The maximum atomic E-state index is 11.7. The molecule has 0 aliphatic carbocycles. The number of aromatic nitrogens is 1. The predicted molar refractivity (Wildman–Crippen MR) is 62.6 cm³/mol. The van der Waals surface area contributed by atoms with Gasteiger partial charge in [0.15, 0.2) is 0 Å². The summed E-state index contributed by atoms with van der Waals surface area (Å²) < 4.78 is 5.13. The molecule has 0 saturated carbocycles. The van der Waals surface area contributed by atoms with Gasteiger partial charge in [0.25, 0.3) is 5.91 Å². The molecule has 5 nitrogen and oxygen atoms in total.